The number of nitrogens with one attached hydrogen (secondary N) is 1. The lowest BCUT2D eigenvalue weighted by Gasteiger charge is -2.17. The van der Waals surface area contributed by atoms with Gasteiger partial charge in [0.2, 0.25) is 5.95 Å². The number of nitrogens with zero attached hydrogens (tertiary/aromatic N) is 1. The lowest BCUT2D eigenvalue weighted by atomic mass is 10.1. The Labute approximate surface area is 110 Å². The average molecular weight is 262 g/mol. The number of phenolic OH excluding ortho intramolecular Hbond substituents is 1. The van der Waals surface area contributed by atoms with E-state index in [9.17, 15) is 9.50 Å². The zero-order valence-corrected chi connectivity index (χ0v) is 10.7. The van der Waals surface area contributed by atoms with Crippen LogP contribution in [0.3, 0.4) is 0 Å². The van der Waals surface area contributed by atoms with Gasteiger partial charge in [-0.05, 0) is 37.3 Å². The summed E-state index contributed by atoms with van der Waals surface area (Å²) in [6.07, 6.45) is 1.41. The van der Waals surface area contributed by atoms with Gasteiger partial charge in [0.1, 0.15) is 11.5 Å². The molecular formula is C14H15FN2O2. The van der Waals surface area contributed by atoms with Gasteiger partial charge >= 0.3 is 0 Å². The summed E-state index contributed by atoms with van der Waals surface area (Å²) in [5.74, 6) is 0.317. The smallest absolute Gasteiger partial charge is 0.212 e. The number of pyridine rings is 1. The molecule has 4 nitrogen and oxygen atoms in total. The topological polar surface area (TPSA) is 54.4 Å². The van der Waals surface area contributed by atoms with Crippen LogP contribution < -0.4 is 10.1 Å². The van der Waals surface area contributed by atoms with E-state index in [2.05, 4.69) is 10.3 Å². The van der Waals surface area contributed by atoms with Gasteiger partial charge in [-0.2, -0.15) is 4.39 Å². The molecule has 0 aliphatic rings. The predicted molar refractivity (Wildman–Crippen MR) is 70.9 cm³/mol. The number of rotatable bonds is 4. The summed E-state index contributed by atoms with van der Waals surface area (Å²) in [6.45, 7) is 1.89. The van der Waals surface area contributed by atoms with E-state index < -0.39 is 5.95 Å². The number of methoxy groups -OCH3 is 1. The Hall–Kier alpha value is -2.30. The van der Waals surface area contributed by atoms with Crippen LogP contribution >= 0.6 is 0 Å². The van der Waals surface area contributed by atoms with Gasteiger partial charge in [-0.25, -0.2) is 4.98 Å². The highest BCUT2D eigenvalue weighted by atomic mass is 19.1. The number of phenols is 1. The van der Waals surface area contributed by atoms with Crippen molar-refractivity contribution in [1.29, 1.82) is 0 Å². The van der Waals surface area contributed by atoms with Gasteiger partial charge in [0, 0.05) is 5.56 Å². The second kappa shape index (κ2) is 5.56. The van der Waals surface area contributed by atoms with Crippen LogP contribution in [0, 0.1) is 5.95 Å². The predicted octanol–water partition coefficient (Wildman–Crippen LogP) is 3.11. The molecule has 0 spiro atoms. The van der Waals surface area contributed by atoms with Gasteiger partial charge < -0.3 is 15.2 Å². The van der Waals surface area contributed by atoms with Crippen molar-refractivity contribution in [3.63, 3.8) is 0 Å². The Morgan fingerprint density at radius 3 is 2.74 bits per heavy atom. The number of hydrogen-bond donors (Lipinski definition) is 2. The quantitative estimate of drug-likeness (QED) is 0.831. The fraction of sp³-hybridized carbons (Fsp3) is 0.214. The van der Waals surface area contributed by atoms with Gasteiger partial charge in [0.15, 0.2) is 0 Å². The van der Waals surface area contributed by atoms with Crippen LogP contribution in [-0.4, -0.2) is 17.2 Å². The summed E-state index contributed by atoms with van der Waals surface area (Å²) in [4.78, 5) is 3.57. The van der Waals surface area contributed by atoms with Crippen LogP contribution in [0.5, 0.6) is 11.5 Å². The van der Waals surface area contributed by atoms with Crippen molar-refractivity contribution in [3.05, 3.63) is 48.0 Å². The van der Waals surface area contributed by atoms with E-state index in [1.54, 1.807) is 31.4 Å². The Kier molecular flexibility index (Phi) is 3.85. The molecule has 0 saturated heterocycles. The lowest BCUT2D eigenvalue weighted by molar-refractivity contribution is 0.410. The highest BCUT2D eigenvalue weighted by Crippen LogP contribution is 2.30. The van der Waals surface area contributed by atoms with Gasteiger partial charge in [-0.15, -0.1) is 0 Å². The van der Waals surface area contributed by atoms with Crippen molar-refractivity contribution in [2.24, 2.45) is 0 Å². The first-order valence-electron chi connectivity index (χ1n) is 5.85. The summed E-state index contributed by atoms with van der Waals surface area (Å²) >= 11 is 0. The molecule has 2 rings (SSSR count). The minimum absolute atomic E-state index is 0.164. The highest BCUT2D eigenvalue weighted by molar-refractivity contribution is 5.47. The molecule has 0 aliphatic carbocycles. The third kappa shape index (κ3) is 3.13. The van der Waals surface area contributed by atoms with Gasteiger partial charge in [0.05, 0.1) is 25.0 Å². The maximum absolute atomic E-state index is 12.7. The molecule has 2 N–H and O–H groups in total. The molecule has 0 amide bonds. The van der Waals surface area contributed by atoms with Crippen molar-refractivity contribution >= 4 is 5.69 Å². The zero-order valence-electron chi connectivity index (χ0n) is 10.7. The van der Waals surface area contributed by atoms with Crippen LogP contribution in [0.2, 0.25) is 0 Å². The van der Waals surface area contributed by atoms with Crippen LogP contribution in [0.1, 0.15) is 18.5 Å². The molecule has 100 valence electrons. The molecule has 1 atom stereocenters. The standard InChI is InChI=1S/C14H15FN2O2/c1-9(17-10-3-6-14(15)16-8-10)12-7-11(19-2)4-5-13(12)18/h3-9,17-18H,1-2H3. The molecule has 1 aromatic carbocycles. The van der Waals surface area contributed by atoms with Crippen LogP contribution in [0.15, 0.2) is 36.5 Å². The van der Waals surface area contributed by atoms with E-state index in [4.69, 9.17) is 4.74 Å². The maximum Gasteiger partial charge on any atom is 0.212 e. The summed E-state index contributed by atoms with van der Waals surface area (Å²) < 4.78 is 17.8. The number of hydrogen-bond acceptors (Lipinski definition) is 4. The van der Waals surface area contributed by atoms with E-state index >= 15 is 0 Å². The Bertz CT molecular complexity index is 558. The van der Waals surface area contributed by atoms with Crippen molar-refractivity contribution in [1.82, 2.24) is 4.98 Å². The first-order chi connectivity index (χ1) is 9.10. The number of benzene rings is 1. The van der Waals surface area contributed by atoms with Crippen LogP contribution in [-0.2, 0) is 0 Å². The Morgan fingerprint density at radius 2 is 2.11 bits per heavy atom. The van der Waals surface area contributed by atoms with Crippen molar-refractivity contribution < 1.29 is 14.2 Å². The second-order valence-electron chi connectivity index (χ2n) is 4.16. The number of ether oxygens (including phenoxy) is 1. The van der Waals surface area contributed by atoms with Gasteiger partial charge in [-0.3, -0.25) is 0 Å². The molecule has 1 heterocycles. The molecule has 1 aromatic heterocycles. The Balaban J connectivity index is 2.19. The molecule has 5 heteroatoms. The summed E-state index contributed by atoms with van der Waals surface area (Å²) in [5, 5.41) is 13.0. The molecule has 0 radical (unpaired) electrons. The average Bonchev–Trinajstić information content (AvgIpc) is 2.42. The maximum atomic E-state index is 12.7. The van der Waals surface area contributed by atoms with Crippen molar-refractivity contribution in [3.8, 4) is 11.5 Å². The SMILES string of the molecule is COc1ccc(O)c(C(C)Nc2ccc(F)nc2)c1. The monoisotopic (exact) mass is 262 g/mol. The largest absolute Gasteiger partial charge is 0.508 e. The third-order valence-electron chi connectivity index (χ3n) is 2.81. The summed E-state index contributed by atoms with van der Waals surface area (Å²) in [7, 11) is 1.57. The molecule has 2 aromatic rings. The van der Waals surface area contributed by atoms with Crippen LogP contribution in [0.4, 0.5) is 10.1 Å². The minimum Gasteiger partial charge on any atom is -0.508 e. The Morgan fingerprint density at radius 1 is 1.32 bits per heavy atom. The fourth-order valence-electron chi connectivity index (χ4n) is 1.80. The third-order valence-corrected chi connectivity index (χ3v) is 2.81. The number of halogens is 1. The van der Waals surface area contributed by atoms with Crippen molar-refractivity contribution in [2.45, 2.75) is 13.0 Å². The first-order valence-corrected chi connectivity index (χ1v) is 5.85. The summed E-state index contributed by atoms with van der Waals surface area (Å²) in [5.41, 5.74) is 1.37. The van der Waals surface area contributed by atoms with Gasteiger partial charge in [0.25, 0.3) is 0 Å². The van der Waals surface area contributed by atoms with Crippen molar-refractivity contribution in [2.75, 3.05) is 12.4 Å². The molecule has 0 aliphatic heterocycles. The van der Waals surface area contributed by atoms with E-state index in [0.29, 0.717) is 17.0 Å². The number of aromatic nitrogens is 1. The van der Waals surface area contributed by atoms with E-state index in [1.165, 1.54) is 12.3 Å². The van der Waals surface area contributed by atoms with Crippen LogP contribution in [0.25, 0.3) is 0 Å². The summed E-state index contributed by atoms with van der Waals surface area (Å²) in [6, 6.07) is 7.73. The highest BCUT2D eigenvalue weighted by Gasteiger charge is 2.11. The fourth-order valence-corrected chi connectivity index (χ4v) is 1.80. The molecule has 0 saturated carbocycles. The normalized spacial score (nSPS) is 11.9. The zero-order chi connectivity index (χ0) is 13.8. The second-order valence-corrected chi connectivity index (χ2v) is 4.16. The van der Waals surface area contributed by atoms with E-state index in [-0.39, 0.29) is 11.8 Å². The van der Waals surface area contributed by atoms with E-state index in [0.717, 1.165) is 0 Å². The lowest BCUT2D eigenvalue weighted by Crippen LogP contribution is -2.07. The number of aromatic hydroxyl groups is 1. The minimum atomic E-state index is -0.526. The number of anilines is 1. The molecular weight excluding hydrogens is 247 g/mol. The molecule has 0 bridgehead atoms. The first kappa shape index (κ1) is 13.1. The molecule has 19 heavy (non-hydrogen) atoms. The molecule has 0 fully saturated rings. The molecule has 1 unspecified atom stereocenters. The van der Waals surface area contributed by atoms with E-state index in [1.807, 2.05) is 6.92 Å². The van der Waals surface area contributed by atoms with Gasteiger partial charge in [-0.1, -0.05) is 0 Å².